The standard InChI is InChI=1S/C11H10BrN3O2S/c1-6-2-9(10(16)17)15-11(14-6)13-4-8-3-7(12)5-18-8/h2-3,5H,4H2,1H3,(H,16,17)(H,13,14,15). The van der Waals surface area contributed by atoms with Crippen LogP contribution in [0.3, 0.4) is 0 Å². The van der Waals surface area contributed by atoms with Crippen molar-refractivity contribution in [3.63, 3.8) is 0 Å². The van der Waals surface area contributed by atoms with E-state index in [0.717, 1.165) is 9.35 Å². The average Bonchev–Trinajstić information content (AvgIpc) is 2.72. The highest BCUT2D eigenvalue weighted by molar-refractivity contribution is 9.10. The lowest BCUT2D eigenvalue weighted by Crippen LogP contribution is -2.08. The second kappa shape index (κ2) is 5.45. The van der Waals surface area contributed by atoms with Gasteiger partial charge in [0.05, 0.1) is 6.54 Å². The first-order valence-corrected chi connectivity index (χ1v) is 6.77. The number of aromatic carboxylic acids is 1. The lowest BCUT2D eigenvalue weighted by atomic mass is 10.3. The van der Waals surface area contributed by atoms with E-state index in [1.165, 1.54) is 6.07 Å². The molecular weight excluding hydrogens is 318 g/mol. The topological polar surface area (TPSA) is 75.1 Å². The number of carboxylic acid groups (broad SMARTS) is 1. The van der Waals surface area contributed by atoms with Crippen LogP contribution in [0.4, 0.5) is 5.95 Å². The van der Waals surface area contributed by atoms with Crippen molar-refractivity contribution in [2.75, 3.05) is 5.32 Å². The van der Waals surface area contributed by atoms with Crippen LogP contribution in [0.25, 0.3) is 0 Å². The van der Waals surface area contributed by atoms with Gasteiger partial charge in [-0.25, -0.2) is 14.8 Å². The first kappa shape index (κ1) is 13.0. The molecule has 94 valence electrons. The van der Waals surface area contributed by atoms with Crippen molar-refractivity contribution < 1.29 is 9.90 Å². The molecule has 0 spiro atoms. The van der Waals surface area contributed by atoms with Gasteiger partial charge in [0.1, 0.15) is 0 Å². The van der Waals surface area contributed by atoms with E-state index in [1.54, 1.807) is 18.3 Å². The molecule has 5 nitrogen and oxygen atoms in total. The molecule has 2 aromatic heterocycles. The molecule has 0 amide bonds. The van der Waals surface area contributed by atoms with Gasteiger partial charge in [0, 0.05) is 20.4 Å². The van der Waals surface area contributed by atoms with E-state index >= 15 is 0 Å². The van der Waals surface area contributed by atoms with Crippen molar-refractivity contribution in [3.8, 4) is 0 Å². The minimum absolute atomic E-state index is 0.00244. The summed E-state index contributed by atoms with van der Waals surface area (Å²) in [7, 11) is 0. The number of thiophene rings is 1. The van der Waals surface area contributed by atoms with Crippen LogP contribution in [0.2, 0.25) is 0 Å². The van der Waals surface area contributed by atoms with Crippen LogP contribution < -0.4 is 5.32 Å². The number of carboxylic acids is 1. The molecule has 0 atom stereocenters. The summed E-state index contributed by atoms with van der Waals surface area (Å²) in [5, 5.41) is 13.9. The summed E-state index contributed by atoms with van der Waals surface area (Å²) < 4.78 is 1.03. The van der Waals surface area contributed by atoms with Crippen molar-refractivity contribution in [2.24, 2.45) is 0 Å². The van der Waals surface area contributed by atoms with Crippen molar-refractivity contribution in [3.05, 3.63) is 38.3 Å². The number of anilines is 1. The summed E-state index contributed by atoms with van der Waals surface area (Å²) in [4.78, 5) is 20.0. The van der Waals surface area contributed by atoms with Gasteiger partial charge in [-0.2, -0.15) is 0 Å². The summed E-state index contributed by atoms with van der Waals surface area (Å²) in [6, 6.07) is 3.43. The van der Waals surface area contributed by atoms with E-state index in [-0.39, 0.29) is 5.69 Å². The molecule has 7 heteroatoms. The minimum Gasteiger partial charge on any atom is -0.477 e. The fraction of sp³-hybridized carbons (Fsp3) is 0.182. The van der Waals surface area contributed by atoms with Crippen molar-refractivity contribution in [2.45, 2.75) is 13.5 Å². The molecule has 18 heavy (non-hydrogen) atoms. The maximum atomic E-state index is 10.9. The van der Waals surface area contributed by atoms with Crippen LogP contribution >= 0.6 is 27.3 Å². The van der Waals surface area contributed by atoms with Crippen LogP contribution in [0.5, 0.6) is 0 Å². The Hall–Kier alpha value is -1.47. The SMILES string of the molecule is Cc1cc(C(=O)O)nc(NCc2cc(Br)cs2)n1. The van der Waals surface area contributed by atoms with Crippen LogP contribution in [0, 0.1) is 6.92 Å². The zero-order valence-corrected chi connectivity index (χ0v) is 11.9. The molecule has 0 aliphatic rings. The molecule has 0 aromatic carbocycles. The van der Waals surface area contributed by atoms with Gasteiger partial charge in [-0.1, -0.05) is 0 Å². The van der Waals surface area contributed by atoms with E-state index in [1.807, 2.05) is 11.4 Å². The number of nitrogens with zero attached hydrogens (tertiary/aromatic N) is 2. The second-order valence-corrected chi connectivity index (χ2v) is 5.52. The Morgan fingerprint density at radius 3 is 2.89 bits per heavy atom. The Bertz CT molecular complexity index is 585. The molecule has 0 fully saturated rings. The predicted octanol–water partition coefficient (Wildman–Crippen LogP) is 2.92. The van der Waals surface area contributed by atoms with E-state index in [9.17, 15) is 4.79 Å². The van der Waals surface area contributed by atoms with Gasteiger partial charge >= 0.3 is 5.97 Å². The normalized spacial score (nSPS) is 10.3. The molecule has 0 radical (unpaired) electrons. The van der Waals surface area contributed by atoms with Crippen LogP contribution in [0.1, 0.15) is 21.1 Å². The first-order chi connectivity index (χ1) is 8.54. The summed E-state index contributed by atoms with van der Waals surface area (Å²) in [5.41, 5.74) is 0.620. The summed E-state index contributed by atoms with van der Waals surface area (Å²) in [6.07, 6.45) is 0. The van der Waals surface area contributed by atoms with Gasteiger partial charge in [0.2, 0.25) is 5.95 Å². The highest BCUT2D eigenvalue weighted by atomic mass is 79.9. The van der Waals surface area contributed by atoms with E-state index in [0.29, 0.717) is 18.2 Å². The zero-order valence-electron chi connectivity index (χ0n) is 9.48. The molecule has 0 aliphatic heterocycles. The Labute approximate surface area is 116 Å². The van der Waals surface area contributed by atoms with Crippen LogP contribution in [-0.2, 0) is 6.54 Å². The number of hydrogen-bond donors (Lipinski definition) is 2. The number of halogens is 1. The molecule has 2 aromatic rings. The summed E-state index contributed by atoms with van der Waals surface area (Å²) in [5.74, 6) is -0.723. The smallest absolute Gasteiger partial charge is 0.354 e. The van der Waals surface area contributed by atoms with Gasteiger partial charge in [0.15, 0.2) is 5.69 Å². The van der Waals surface area contributed by atoms with Gasteiger partial charge < -0.3 is 10.4 Å². The first-order valence-electron chi connectivity index (χ1n) is 5.10. The van der Waals surface area contributed by atoms with Crippen LogP contribution in [-0.4, -0.2) is 21.0 Å². The second-order valence-electron chi connectivity index (χ2n) is 3.61. The highest BCUT2D eigenvalue weighted by Gasteiger charge is 2.08. The molecule has 0 saturated carbocycles. The van der Waals surface area contributed by atoms with Crippen LogP contribution in [0.15, 0.2) is 22.0 Å². The number of carbonyl (C=O) groups is 1. The molecule has 0 bridgehead atoms. The van der Waals surface area contributed by atoms with E-state index < -0.39 is 5.97 Å². The lowest BCUT2D eigenvalue weighted by molar-refractivity contribution is 0.0690. The number of aryl methyl sites for hydroxylation is 1. The molecule has 0 unspecified atom stereocenters. The Kier molecular flexibility index (Phi) is 3.93. The number of hydrogen-bond acceptors (Lipinski definition) is 5. The van der Waals surface area contributed by atoms with Crippen molar-refractivity contribution in [1.29, 1.82) is 0 Å². The van der Waals surface area contributed by atoms with Gasteiger partial charge in [0.25, 0.3) is 0 Å². The third-order valence-electron chi connectivity index (χ3n) is 2.12. The lowest BCUT2D eigenvalue weighted by Gasteiger charge is -2.05. The Morgan fingerprint density at radius 1 is 1.50 bits per heavy atom. The van der Waals surface area contributed by atoms with Gasteiger partial charge in [-0.05, 0) is 35.0 Å². The summed E-state index contributed by atoms with van der Waals surface area (Å²) >= 11 is 4.98. The van der Waals surface area contributed by atoms with Gasteiger partial charge in [-0.15, -0.1) is 11.3 Å². The number of aromatic nitrogens is 2. The van der Waals surface area contributed by atoms with Crippen molar-refractivity contribution in [1.82, 2.24) is 9.97 Å². The summed E-state index contributed by atoms with van der Waals surface area (Å²) in [6.45, 7) is 2.31. The fourth-order valence-corrected chi connectivity index (χ4v) is 2.76. The zero-order chi connectivity index (χ0) is 13.1. The highest BCUT2D eigenvalue weighted by Crippen LogP contribution is 2.20. The molecule has 2 heterocycles. The third kappa shape index (κ3) is 3.27. The predicted molar refractivity (Wildman–Crippen MR) is 73.1 cm³/mol. The maximum absolute atomic E-state index is 10.9. The van der Waals surface area contributed by atoms with E-state index in [4.69, 9.17) is 5.11 Å². The van der Waals surface area contributed by atoms with Crippen molar-refractivity contribution >= 4 is 39.2 Å². The quantitative estimate of drug-likeness (QED) is 0.903. The number of rotatable bonds is 4. The largest absolute Gasteiger partial charge is 0.477 e. The number of nitrogens with one attached hydrogen (secondary N) is 1. The average molecular weight is 328 g/mol. The Morgan fingerprint density at radius 2 is 2.28 bits per heavy atom. The van der Waals surface area contributed by atoms with E-state index in [2.05, 4.69) is 31.2 Å². The molecular formula is C11H10BrN3O2S. The fourth-order valence-electron chi connectivity index (χ4n) is 1.37. The molecule has 0 aliphatic carbocycles. The molecule has 2 N–H and O–H groups in total. The minimum atomic E-state index is -1.05. The molecule has 0 saturated heterocycles. The maximum Gasteiger partial charge on any atom is 0.354 e. The third-order valence-corrected chi connectivity index (χ3v) is 3.81. The monoisotopic (exact) mass is 327 g/mol. The van der Waals surface area contributed by atoms with Gasteiger partial charge in [-0.3, -0.25) is 0 Å². The molecule has 2 rings (SSSR count). The Balaban J connectivity index is 2.11.